The first-order valence-electron chi connectivity index (χ1n) is 7.30. The van der Waals surface area contributed by atoms with Crippen molar-refractivity contribution in [3.63, 3.8) is 0 Å². The summed E-state index contributed by atoms with van der Waals surface area (Å²) in [6.45, 7) is 0.465. The van der Waals surface area contributed by atoms with Crippen molar-refractivity contribution in [2.24, 2.45) is 0 Å². The van der Waals surface area contributed by atoms with Crippen LogP contribution in [0.3, 0.4) is 0 Å². The third-order valence-electron chi connectivity index (χ3n) is 3.74. The molecule has 2 amide bonds. The molecule has 3 rings (SSSR count). The van der Waals surface area contributed by atoms with E-state index in [1.54, 1.807) is 18.5 Å². The van der Waals surface area contributed by atoms with Gasteiger partial charge in [0, 0.05) is 36.7 Å². The predicted molar refractivity (Wildman–Crippen MR) is 88.9 cm³/mol. The van der Waals surface area contributed by atoms with Gasteiger partial charge in [0.2, 0.25) is 0 Å². The lowest BCUT2D eigenvalue weighted by Gasteiger charge is -2.26. The molecule has 6 nitrogen and oxygen atoms in total. The minimum absolute atomic E-state index is 0.0240. The summed E-state index contributed by atoms with van der Waals surface area (Å²) in [6, 6.07) is 11.0. The highest BCUT2D eigenvalue weighted by molar-refractivity contribution is 7.91. The first-order valence-corrected chi connectivity index (χ1v) is 9.12. The van der Waals surface area contributed by atoms with Crippen molar-refractivity contribution in [2.45, 2.75) is 0 Å². The van der Waals surface area contributed by atoms with Crippen LogP contribution in [0.5, 0.6) is 0 Å². The first kappa shape index (κ1) is 15.5. The number of carbonyl (C=O) groups excluding carboxylic acids is 1. The molecule has 23 heavy (non-hydrogen) atoms. The van der Waals surface area contributed by atoms with Crippen molar-refractivity contribution < 1.29 is 13.2 Å². The van der Waals surface area contributed by atoms with Crippen LogP contribution < -0.4 is 5.32 Å². The number of benzene rings is 1. The molecule has 0 unspecified atom stereocenters. The number of amides is 2. The number of hydrogen-bond acceptors (Lipinski definition) is 4. The Hall–Kier alpha value is -2.41. The Labute approximate surface area is 135 Å². The molecule has 2 heterocycles. The van der Waals surface area contributed by atoms with Gasteiger partial charge in [-0.15, -0.1) is 0 Å². The summed E-state index contributed by atoms with van der Waals surface area (Å²) in [5.74, 6) is 0.0479. The highest BCUT2D eigenvalue weighted by Gasteiger charge is 2.24. The maximum atomic E-state index is 12.2. The van der Waals surface area contributed by atoms with Gasteiger partial charge in [-0.3, -0.25) is 4.98 Å². The Morgan fingerprint density at radius 1 is 1.09 bits per heavy atom. The number of carbonyl (C=O) groups is 1. The number of sulfone groups is 1. The zero-order chi connectivity index (χ0) is 16.3. The van der Waals surface area contributed by atoms with E-state index < -0.39 is 9.84 Å². The maximum Gasteiger partial charge on any atom is 0.321 e. The zero-order valence-corrected chi connectivity index (χ0v) is 13.3. The number of anilines is 1. The van der Waals surface area contributed by atoms with Gasteiger partial charge in [0.1, 0.15) is 0 Å². The van der Waals surface area contributed by atoms with E-state index in [1.807, 2.05) is 30.3 Å². The molecule has 0 atom stereocenters. The van der Waals surface area contributed by atoms with Crippen LogP contribution >= 0.6 is 0 Å². The third-order valence-corrected chi connectivity index (χ3v) is 5.35. The van der Waals surface area contributed by atoms with Gasteiger partial charge < -0.3 is 10.2 Å². The smallest absolute Gasteiger partial charge is 0.321 e. The lowest BCUT2D eigenvalue weighted by atomic mass is 10.1. The summed E-state index contributed by atoms with van der Waals surface area (Å²) in [5, 5.41) is 2.82. The summed E-state index contributed by atoms with van der Waals surface area (Å²) < 4.78 is 22.8. The molecule has 0 bridgehead atoms. The van der Waals surface area contributed by atoms with Crippen LogP contribution in [-0.2, 0) is 9.84 Å². The fourth-order valence-electron chi connectivity index (χ4n) is 2.43. The van der Waals surface area contributed by atoms with Gasteiger partial charge in [-0.05, 0) is 23.8 Å². The zero-order valence-electron chi connectivity index (χ0n) is 12.5. The van der Waals surface area contributed by atoms with Crippen LogP contribution in [0.1, 0.15) is 0 Å². The molecule has 2 aromatic rings. The lowest BCUT2D eigenvalue weighted by molar-refractivity contribution is 0.216. The van der Waals surface area contributed by atoms with E-state index in [1.165, 1.54) is 4.90 Å². The first-order chi connectivity index (χ1) is 11.0. The number of hydrogen-bond donors (Lipinski definition) is 1. The summed E-state index contributed by atoms with van der Waals surface area (Å²) >= 11 is 0. The summed E-state index contributed by atoms with van der Waals surface area (Å²) in [6.07, 6.45) is 3.47. The Kier molecular flexibility index (Phi) is 4.29. The average molecular weight is 331 g/mol. The van der Waals surface area contributed by atoms with Crippen molar-refractivity contribution >= 4 is 21.6 Å². The Morgan fingerprint density at radius 2 is 1.83 bits per heavy atom. The standard InChI is InChI=1S/C16H17N3O3S/c20-16(19-7-9-23(21,22)10-8-19)18-15-5-1-3-13(11-15)14-4-2-6-17-12-14/h1-6,11-12H,7-10H2,(H,18,20). The molecule has 0 radical (unpaired) electrons. The topological polar surface area (TPSA) is 79.4 Å². The molecule has 1 aliphatic rings. The maximum absolute atomic E-state index is 12.2. The molecule has 1 fully saturated rings. The minimum atomic E-state index is -2.99. The average Bonchev–Trinajstić information content (AvgIpc) is 2.56. The molecule has 7 heteroatoms. The van der Waals surface area contributed by atoms with E-state index in [2.05, 4.69) is 10.3 Å². The number of aromatic nitrogens is 1. The molecule has 120 valence electrons. The highest BCUT2D eigenvalue weighted by Crippen LogP contribution is 2.22. The van der Waals surface area contributed by atoms with Crippen molar-refractivity contribution in [3.8, 4) is 11.1 Å². The molecule has 0 saturated carbocycles. The van der Waals surface area contributed by atoms with Crippen LogP contribution in [0.2, 0.25) is 0 Å². The van der Waals surface area contributed by atoms with E-state index in [9.17, 15) is 13.2 Å². The molecule has 1 saturated heterocycles. The van der Waals surface area contributed by atoms with Crippen LogP contribution in [0.4, 0.5) is 10.5 Å². The SMILES string of the molecule is O=C(Nc1cccc(-c2cccnc2)c1)N1CCS(=O)(=O)CC1. The van der Waals surface area contributed by atoms with E-state index in [-0.39, 0.29) is 30.6 Å². The van der Waals surface area contributed by atoms with Crippen LogP contribution in [0, 0.1) is 0 Å². The molecule has 0 aliphatic carbocycles. The molecule has 1 aromatic carbocycles. The number of nitrogens with zero attached hydrogens (tertiary/aromatic N) is 2. The number of nitrogens with one attached hydrogen (secondary N) is 1. The number of rotatable bonds is 2. The summed E-state index contributed by atoms with van der Waals surface area (Å²) in [4.78, 5) is 17.8. The molecular weight excluding hydrogens is 314 g/mol. The van der Waals surface area contributed by atoms with Gasteiger partial charge in [0.15, 0.2) is 9.84 Å². The van der Waals surface area contributed by atoms with Crippen molar-refractivity contribution in [3.05, 3.63) is 48.8 Å². The third kappa shape index (κ3) is 3.87. The Balaban J connectivity index is 1.70. The van der Waals surface area contributed by atoms with Crippen molar-refractivity contribution in [2.75, 3.05) is 29.9 Å². The number of urea groups is 1. The van der Waals surface area contributed by atoms with E-state index >= 15 is 0 Å². The second-order valence-electron chi connectivity index (χ2n) is 5.39. The van der Waals surface area contributed by atoms with Gasteiger partial charge in [-0.1, -0.05) is 18.2 Å². The van der Waals surface area contributed by atoms with Gasteiger partial charge in [0.05, 0.1) is 11.5 Å². The minimum Gasteiger partial charge on any atom is -0.322 e. The molecule has 0 spiro atoms. The normalized spacial score (nSPS) is 16.8. The van der Waals surface area contributed by atoms with Gasteiger partial charge in [-0.25, -0.2) is 13.2 Å². The number of pyridine rings is 1. The fourth-order valence-corrected chi connectivity index (χ4v) is 3.63. The monoisotopic (exact) mass is 331 g/mol. The highest BCUT2D eigenvalue weighted by atomic mass is 32.2. The molecule has 1 aliphatic heterocycles. The van der Waals surface area contributed by atoms with Gasteiger partial charge >= 0.3 is 6.03 Å². The predicted octanol–water partition coefficient (Wildman–Crippen LogP) is 2.01. The van der Waals surface area contributed by atoms with Crippen LogP contribution in [0.15, 0.2) is 48.8 Å². The fraction of sp³-hybridized carbons (Fsp3) is 0.250. The van der Waals surface area contributed by atoms with Crippen LogP contribution in [-0.4, -0.2) is 48.9 Å². The second-order valence-corrected chi connectivity index (χ2v) is 7.70. The van der Waals surface area contributed by atoms with Gasteiger partial charge in [-0.2, -0.15) is 0 Å². The van der Waals surface area contributed by atoms with E-state index in [0.717, 1.165) is 11.1 Å². The van der Waals surface area contributed by atoms with E-state index in [4.69, 9.17) is 0 Å². The Bertz CT molecular complexity index is 792. The van der Waals surface area contributed by atoms with E-state index in [0.29, 0.717) is 5.69 Å². The van der Waals surface area contributed by atoms with Crippen LogP contribution in [0.25, 0.3) is 11.1 Å². The second kappa shape index (κ2) is 6.37. The van der Waals surface area contributed by atoms with Gasteiger partial charge in [0.25, 0.3) is 0 Å². The lowest BCUT2D eigenvalue weighted by Crippen LogP contribution is -2.45. The summed E-state index contributed by atoms with van der Waals surface area (Å²) in [5.41, 5.74) is 2.59. The molecule has 1 aromatic heterocycles. The Morgan fingerprint density at radius 3 is 2.52 bits per heavy atom. The quantitative estimate of drug-likeness (QED) is 0.913. The largest absolute Gasteiger partial charge is 0.322 e. The molecule has 1 N–H and O–H groups in total. The van der Waals surface area contributed by atoms with Crippen molar-refractivity contribution in [1.29, 1.82) is 0 Å². The summed E-state index contributed by atoms with van der Waals surface area (Å²) in [7, 11) is -2.99. The van der Waals surface area contributed by atoms with Crippen molar-refractivity contribution in [1.82, 2.24) is 9.88 Å². The molecular formula is C16H17N3O3S.